The third-order valence-corrected chi connectivity index (χ3v) is 6.79. The van der Waals surface area contributed by atoms with E-state index in [-0.39, 0.29) is 5.91 Å². The van der Waals surface area contributed by atoms with Crippen molar-refractivity contribution < 1.29 is 4.79 Å². The Bertz CT molecular complexity index is 801. The van der Waals surface area contributed by atoms with Crippen LogP contribution in [0.5, 0.6) is 0 Å². The molecule has 1 amide bonds. The second kappa shape index (κ2) is 7.92. The first-order valence-corrected chi connectivity index (χ1v) is 10.8. The van der Waals surface area contributed by atoms with Crippen molar-refractivity contribution in [1.29, 1.82) is 0 Å². The zero-order chi connectivity index (χ0) is 18.8. The number of carbonyl (C=O) groups is 1. The summed E-state index contributed by atoms with van der Waals surface area (Å²) in [6.07, 6.45) is 7.40. The number of nitrogen functional groups attached to an aromatic ring is 1. The van der Waals surface area contributed by atoms with Crippen molar-refractivity contribution >= 4 is 17.7 Å². The van der Waals surface area contributed by atoms with Gasteiger partial charge >= 0.3 is 0 Å². The van der Waals surface area contributed by atoms with Crippen molar-refractivity contribution in [3.63, 3.8) is 0 Å². The first kappa shape index (κ1) is 18.3. The van der Waals surface area contributed by atoms with Crippen LogP contribution < -0.4 is 5.84 Å². The Morgan fingerprint density at radius 3 is 2.70 bits per heavy atom. The molecule has 0 unspecified atom stereocenters. The van der Waals surface area contributed by atoms with Crippen molar-refractivity contribution in [2.24, 2.45) is 5.92 Å². The van der Waals surface area contributed by atoms with Gasteiger partial charge in [0, 0.05) is 18.2 Å². The maximum atomic E-state index is 12.9. The zero-order valence-corrected chi connectivity index (χ0v) is 16.6. The largest absolute Gasteiger partial charge is 0.339 e. The van der Waals surface area contributed by atoms with Crippen molar-refractivity contribution in [2.45, 2.75) is 56.6 Å². The molecule has 6 nitrogen and oxygen atoms in total. The van der Waals surface area contributed by atoms with Crippen molar-refractivity contribution in [3.05, 3.63) is 29.8 Å². The molecule has 4 rings (SSSR count). The number of thioether (sulfide) groups is 1. The number of piperidine rings is 1. The van der Waals surface area contributed by atoms with Gasteiger partial charge in [-0.05, 0) is 38.5 Å². The SMILES string of the molecule is Cc1ccc(-c2nnc(SCC(=O)N3CCC[C@H]4CCCC[C@@H]43)n2N)cc1. The number of hydrogen-bond acceptors (Lipinski definition) is 5. The van der Waals surface area contributed by atoms with Gasteiger partial charge in [-0.15, -0.1) is 10.2 Å². The van der Waals surface area contributed by atoms with Crippen LogP contribution in [0.3, 0.4) is 0 Å². The molecule has 7 heteroatoms. The summed E-state index contributed by atoms with van der Waals surface area (Å²) in [5.41, 5.74) is 2.11. The number of fused-ring (bicyclic) bond motifs is 1. The number of carbonyl (C=O) groups excluding carboxylic acids is 1. The highest BCUT2D eigenvalue weighted by Gasteiger charge is 2.35. The minimum Gasteiger partial charge on any atom is -0.339 e. The summed E-state index contributed by atoms with van der Waals surface area (Å²) in [6, 6.07) is 8.46. The predicted molar refractivity (Wildman–Crippen MR) is 108 cm³/mol. The van der Waals surface area contributed by atoms with Gasteiger partial charge in [0.05, 0.1) is 5.75 Å². The number of amides is 1. The fourth-order valence-electron chi connectivity index (χ4n) is 4.42. The average Bonchev–Trinajstić information content (AvgIpc) is 3.07. The maximum absolute atomic E-state index is 12.9. The second-order valence-electron chi connectivity index (χ2n) is 7.67. The number of likely N-dealkylation sites (tertiary alicyclic amines) is 1. The second-order valence-corrected chi connectivity index (χ2v) is 8.61. The lowest BCUT2D eigenvalue weighted by Gasteiger charge is -2.44. The molecule has 1 aliphatic carbocycles. The molecular formula is C20H27N5OS. The zero-order valence-electron chi connectivity index (χ0n) is 15.8. The van der Waals surface area contributed by atoms with Crippen LogP contribution in [0.25, 0.3) is 11.4 Å². The fraction of sp³-hybridized carbons (Fsp3) is 0.550. The first-order valence-electron chi connectivity index (χ1n) is 9.83. The lowest BCUT2D eigenvalue weighted by molar-refractivity contribution is -0.134. The van der Waals surface area contributed by atoms with Crippen LogP contribution in [0.1, 0.15) is 44.1 Å². The Morgan fingerprint density at radius 1 is 1.15 bits per heavy atom. The number of benzene rings is 1. The Labute approximate surface area is 164 Å². The van der Waals surface area contributed by atoms with Crippen molar-refractivity contribution in [3.8, 4) is 11.4 Å². The normalized spacial score (nSPS) is 22.5. The van der Waals surface area contributed by atoms with Gasteiger partial charge in [-0.1, -0.05) is 54.4 Å². The van der Waals surface area contributed by atoms with Gasteiger partial charge in [0.1, 0.15) is 0 Å². The number of nitrogens with two attached hydrogens (primary N) is 1. The predicted octanol–water partition coefficient (Wildman–Crippen LogP) is 3.24. The molecule has 2 aliphatic rings. The minimum absolute atomic E-state index is 0.205. The van der Waals surface area contributed by atoms with Crippen LogP contribution in [-0.4, -0.2) is 44.0 Å². The van der Waals surface area contributed by atoms with Gasteiger partial charge in [0.25, 0.3) is 0 Å². The molecule has 0 spiro atoms. The molecule has 2 aromatic rings. The van der Waals surface area contributed by atoms with Gasteiger partial charge in [-0.2, -0.15) is 0 Å². The number of hydrogen-bond donors (Lipinski definition) is 1. The highest BCUT2D eigenvalue weighted by Crippen LogP contribution is 2.35. The van der Waals surface area contributed by atoms with Gasteiger partial charge < -0.3 is 10.7 Å². The molecule has 1 saturated carbocycles. The van der Waals surface area contributed by atoms with Gasteiger partial charge in [-0.3, -0.25) is 4.79 Å². The van der Waals surface area contributed by atoms with Crippen LogP contribution in [0.15, 0.2) is 29.4 Å². The third kappa shape index (κ3) is 3.83. The van der Waals surface area contributed by atoms with Crippen LogP contribution in [0.2, 0.25) is 0 Å². The Morgan fingerprint density at radius 2 is 1.89 bits per heavy atom. The molecule has 0 radical (unpaired) electrons. The number of aromatic nitrogens is 3. The Balaban J connectivity index is 1.41. The summed E-state index contributed by atoms with van der Waals surface area (Å²) in [5, 5.41) is 8.99. The van der Waals surface area contributed by atoms with E-state index in [1.54, 1.807) is 0 Å². The van der Waals surface area contributed by atoms with Crippen LogP contribution in [0, 0.1) is 12.8 Å². The summed E-state index contributed by atoms with van der Waals surface area (Å²) < 4.78 is 1.49. The lowest BCUT2D eigenvalue weighted by Crippen LogP contribution is -2.50. The van der Waals surface area contributed by atoms with E-state index in [9.17, 15) is 4.79 Å². The summed E-state index contributed by atoms with van der Waals surface area (Å²) in [5.74, 6) is 8.09. The average molecular weight is 386 g/mol. The molecule has 2 heterocycles. The van der Waals surface area contributed by atoms with E-state index in [1.165, 1.54) is 47.7 Å². The van der Waals surface area contributed by atoms with Crippen LogP contribution in [0.4, 0.5) is 0 Å². The summed E-state index contributed by atoms with van der Waals surface area (Å²) in [4.78, 5) is 15.0. The molecular weight excluding hydrogens is 358 g/mol. The molecule has 1 aliphatic heterocycles. The molecule has 2 fully saturated rings. The summed E-state index contributed by atoms with van der Waals surface area (Å²) in [6.45, 7) is 2.94. The molecule has 27 heavy (non-hydrogen) atoms. The van der Waals surface area contributed by atoms with Gasteiger partial charge in [0.2, 0.25) is 11.1 Å². The lowest BCUT2D eigenvalue weighted by atomic mass is 9.78. The highest BCUT2D eigenvalue weighted by atomic mass is 32.2. The number of aryl methyl sites for hydroxylation is 1. The first-order chi connectivity index (χ1) is 13.1. The molecule has 2 N–H and O–H groups in total. The maximum Gasteiger partial charge on any atom is 0.233 e. The van der Waals surface area contributed by atoms with E-state index in [2.05, 4.69) is 15.1 Å². The Kier molecular flexibility index (Phi) is 5.38. The summed E-state index contributed by atoms with van der Waals surface area (Å²) in [7, 11) is 0. The quantitative estimate of drug-likeness (QED) is 0.646. The van der Waals surface area contributed by atoms with Crippen molar-refractivity contribution in [2.75, 3.05) is 18.1 Å². The van der Waals surface area contributed by atoms with E-state index >= 15 is 0 Å². The molecule has 2 atom stereocenters. The van der Waals surface area contributed by atoms with E-state index < -0.39 is 0 Å². The highest BCUT2D eigenvalue weighted by molar-refractivity contribution is 7.99. The smallest absolute Gasteiger partial charge is 0.233 e. The number of rotatable bonds is 4. The third-order valence-electron chi connectivity index (χ3n) is 5.86. The van der Waals surface area contributed by atoms with Gasteiger partial charge in [-0.25, -0.2) is 4.68 Å². The van der Waals surface area contributed by atoms with Crippen LogP contribution in [-0.2, 0) is 4.79 Å². The topological polar surface area (TPSA) is 77.0 Å². The molecule has 0 bridgehead atoms. The summed E-state index contributed by atoms with van der Waals surface area (Å²) >= 11 is 1.38. The standard InChI is InChI=1S/C20H27N5OS/c1-14-8-10-16(11-9-14)19-22-23-20(25(19)21)27-13-18(26)24-12-4-6-15-5-2-3-7-17(15)24/h8-11,15,17H,2-7,12-13,21H2,1H3/t15-,17+/m1/s1. The monoisotopic (exact) mass is 385 g/mol. The van der Waals surface area contributed by atoms with Gasteiger partial charge in [0.15, 0.2) is 5.82 Å². The Hall–Kier alpha value is -2.02. The van der Waals surface area contributed by atoms with Crippen LogP contribution >= 0.6 is 11.8 Å². The van der Waals surface area contributed by atoms with Crippen molar-refractivity contribution in [1.82, 2.24) is 19.8 Å². The fourth-order valence-corrected chi connectivity index (χ4v) is 5.16. The van der Waals surface area contributed by atoms with E-state index in [1.807, 2.05) is 31.2 Å². The molecule has 1 saturated heterocycles. The molecule has 144 valence electrons. The number of nitrogens with zero attached hydrogens (tertiary/aromatic N) is 4. The minimum atomic E-state index is 0.205. The molecule has 1 aromatic heterocycles. The van der Waals surface area contributed by atoms with E-state index in [4.69, 9.17) is 5.84 Å². The van der Waals surface area contributed by atoms with E-state index in [0.717, 1.165) is 24.9 Å². The molecule has 1 aromatic carbocycles. The van der Waals surface area contributed by atoms with E-state index in [0.29, 0.717) is 28.7 Å².